The Morgan fingerprint density at radius 2 is 1.83 bits per heavy atom. The first-order valence-corrected chi connectivity index (χ1v) is 11.1. The van der Waals surface area contributed by atoms with Gasteiger partial charge < -0.3 is 24.4 Å². The molecule has 0 amide bonds. The van der Waals surface area contributed by atoms with Crippen LogP contribution in [-0.4, -0.2) is 29.9 Å². The van der Waals surface area contributed by atoms with Gasteiger partial charge in [-0.3, -0.25) is 4.79 Å². The minimum atomic E-state index is -0.246. The Labute approximate surface area is 201 Å². The summed E-state index contributed by atoms with van der Waals surface area (Å²) in [6.07, 6.45) is 2.69. The maximum Gasteiger partial charge on any atom is 0.306 e. The number of aromatic hydroxyl groups is 2. The first-order valence-electron chi connectivity index (χ1n) is 11.1. The number of rotatable bonds is 4. The molecule has 2 N–H and O–H groups in total. The molecule has 0 saturated carbocycles. The van der Waals surface area contributed by atoms with E-state index in [1.807, 2.05) is 6.07 Å². The van der Waals surface area contributed by atoms with Crippen molar-refractivity contribution in [2.75, 3.05) is 13.7 Å². The Kier molecular flexibility index (Phi) is 7.06. The van der Waals surface area contributed by atoms with Crippen molar-refractivity contribution < 1.29 is 33.6 Å². The highest BCUT2D eigenvalue weighted by atomic mass is 19.1. The Hall–Kier alpha value is -4.25. The lowest BCUT2D eigenvalue weighted by Gasteiger charge is -2.12. The number of esters is 1. The fourth-order valence-electron chi connectivity index (χ4n) is 4.25. The van der Waals surface area contributed by atoms with E-state index in [0.29, 0.717) is 42.1 Å². The Morgan fingerprint density at radius 3 is 2.60 bits per heavy atom. The molecule has 1 aliphatic heterocycles. The van der Waals surface area contributed by atoms with E-state index in [-0.39, 0.29) is 35.0 Å². The zero-order valence-electron chi connectivity index (χ0n) is 19.1. The third-order valence-electron chi connectivity index (χ3n) is 6.01. The highest BCUT2D eigenvalue weighted by molar-refractivity contribution is 5.71. The van der Waals surface area contributed by atoms with Gasteiger partial charge in [0, 0.05) is 29.2 Å². The van der Waals surface area contributed by atoms with Crippen molar-refractivity contribution >= 4 is 5.97 Å². The van der Waals surface area contributed by atoms with Gasteiger partial charge in [0.15, 0.2) is 0 Å². The third-order valence-corrected chi connectivity index (χ3v) is 6.01. The lowest BCUT2D eigenvalue weighted by atomic mass is 9.98. The second-order valence-electron chi connectivity index (χ2n) is 8.26. The molecule has 0 aromatic heterocycles. The van der Waals surface area contributed by atoms with Gasteiger partial charge >= 0.3 is 5.97 Å². The number of hydrogen-bond donors (Lipinski definition) is 2. The van der Waals surface area contributed by atoms with Crippen molar-refractivity contribution in [3.05, 3.63) is 76.6 Å². The number of phenolic OH excluding ortho intramolecular Hbond substituents is 2. The van der Waals surface area contributed by atoms with E-state index in [0.717, 1.165) is 24.0 Å². The smallest absolute Gasteiger partial charge is 0.306 e. The lowest BCUT2D eigenvalue weighted by Crippen LogP contribution is -2.09. The zero-order chi connectivity index (χ0) is 24.9. The zero-order valence-corrected chi connectivity index (χ0v) is 19.1. The number of nitriles is 1. The number of fused-ring (bicyclic) bond motifs is 2. The first kappa shape index (κ1) is 23.9. The van der Waals surface area contributed by atoms with Crippen LogP contribution in [0.1, 0.15) is 41.0 Å². The van der Waals surface area contributed by atoms with E-state index < -0.39 is 0 Å². The van der Waals surface area contributed by atoms with E-state index in [9.17, 15) is 19.4 Å². The van der Waals surface area contributed by atoms with Crippen molar-refractivity contribution in [2.45, 2.75) is 31.6 Å². The topological polar surface area (TPSA) is 109 Å². The fourth-order valence-corrected chi connectivity index (χ4v) is 4.25. The summed E-state index contributed by atoms with van der Waals surface area (Å²) < 4.78 is 29.4. The van der Waals surface area contributed by atoms with Crippen molar-refractivity contribution in [1.82, 2.24) is 0 Å². The second-order valence-corrected chi connectivity index (χ2v) is 8.26. The van der Waals surface area contributed by atoms with Gasteiger partial charge in [-0.1, -0.05) is 6.07 Å². The van der Waals surface area contributed by atoms with Crippen LogP contribution >= 0.6 is 0 Å². The molecule has 8 heteroatoms. The Balaban J connectivity index is 0.000000172. The maximum atomic E-state index is 13.7. The molecule has 0 bridgehead atoms. The minimum Gasteiger partial charge on any atom is -0.508 e. The first-order chi connectivity index (χ1) is 16.9. The predicted octanol–water partition coefficient (Wildman–Crippen LogP) is 5.12. The van der Waals surface area contributed by atoms with Crippen LogP contribution in [0, 0.1) is 17.1 Å². The number of benzene rings is 3. The molecule has 35 heavy (non-hydrogen) atoms. The number of phenols is 2. The molecule has 2 aliphatic rings. The van der Waals surface area contributed by atoms with Gasteiger partial charge in [-0.2, -0.15) is 5.26 Å². The molecule has 0 saturated heterocycles. The Morgan fingerprint density at radius 1 is 1.09 bits per heavy atom. The van der Waals surface area contributed by atoms with E-state index in [1.165, 1.54) is 31.4 Å². The van der Waals surface area contributed by atoms with Crippen LogP contribution in [0.2, 0.25) is 0 Å². The monoisotopic (exact) mass is 477 g/mol. The lowest BCUT2D eigenvalue weighted by molar-refractivity contribution is -0.141. The summed E-state index contributed by atoms with van der Waals surface area (Å²) >= 11 is 0. The molecule has 7 nitrogen and oxygen atoms in total. The third kappa shape index (κ3) is 5.30. The summed E-state index contributed by atoms with van der Waals surface area (Å²) in [6.45, 7) is 0.466. The molecule has 1 heterocycles. The summed E-state index contributed by atoms with van der Waals surface area (Å²) in [4.78, 5) is 11.1. The summed E-state index contributed by atoms with van der Waals surface area (Å²) in [7, 11) is 1.37. The number of ether oxygens (including phenoxy) is 3. The summed E-state index contributed by atoms with van der Waals surface area (Å²) in [5, 5.41) is 27.8. The summed E-state index contributed by atoms with van der Waals surface area (Å²) in [5.74, 6) is 1.28. The predicted molar refractivity (Wildman–Crippen MR) is 124 cm³/mol. The normalized spacial score (nSPS) is 15.1. The number of nitrogens with zero attached hydrogens (tertiary/aromatic N) is 1. The number of methoxy groups -OCH3 is 1. The molecule has 0 spiro atoms. The Bertz CT molecular complexity index is 1300. The van der Waals surface area contributed by atoms with Gasteiger partial charge in [0.2, 0.25) is 0 Å². The van der Waals surface area contributed by atoms with Crippen LogP contribution in [0.15, 0.2) is 48.5 Å². The van der Waals surface area contributed by atoms with Crippen molar-refractivity contribution in [1.29, 1.82) is 5.26 Å². The molecule has 180 valence electrons. The second kappa shape index (κ2) is 10.3. The molecular formula is C27H24FNO6. The van der Waals surface area contributed by atoms with Crippen molar-refractivity contribution in [3.63, 3.8) is 0 Å². The molecule has 3 aromatic rings. The fraction of sp³-hybridized carbons (Fsp3) is 0.259. The van der Waals surface area contributed by atoms with Crippen LogP contribution in [0.25, 0.3) is 0 Å². The number of carbonyl (C=O) groups excluding carboxylic acids is 1. The van der Waals surface area contributed by atoms with E-state index in [2.05, 4.69) is 4.74 Å². The largest absolute Gasteiger partial charge is 0.508 e. The van der Waals surface area contributed by atoms with Crippen LogP contribution < -0.4 is 9.47 Å². The standard InChI is InChI=1S/C16H12FNO2.C11H12O4/c17-14-6-7-15(13-3-1-2-12(13)14)20-16-8-11(19)5-4-10(16)9-18;1-14-11(13)4-7-6-15-10-5-8(12)2-3-9(7)10/h4-8,19H,1-3H2;2-3,5,7,12H,4,6H2,1H3. The molecule has 3 aromatic carbocycles. The molecule has 1 atom stereocenters. The van der Waals surface area contributed by atoms with E-state index in [4.69, 9.17) is 14.7 Å². The van der Waals surface area contributed by atoms with Crippen molar-refractivity contribution in [2.24, 2.45) is 0 Å². The quantitative estimate of drug-likeness (QED) is 0.502. The van der Waals surface area contributed by atoms with Gasteiger partial charge in [-0.25, -0.2) is 4.39 Å². The van der Waals surface area contributed by atoms with Gasteiger partial charge in [-0.05, 0) is 55.2 Å². The minimum absolute atomic E-state index is 0.0257. The van der Waals surface area contributed by atoms with Crippen LogP contribution in [0.4, 0.5) is 4.39 Å². The molecule has 0 fully saturated rings. The van der Waals surface area contributed by atoms with Crippen LogP contribution in [0.3, 0.4) is 0 Å². The number of carbonyl (C=O) groups is 1. The molecule has 1 unspecified atom stereocenters. The highest BCUT2D eigenvalue weighted by Crippen LogP contribution is 2.38. The molecule has 0 radical (unpaired) electrons. The van der Waals surface area contributed by atoms with Crippen LogP contribution in [-0.2, 0) is 22.4 Å². The average molecular weight is 477 g/mol. The van der Waals surface area contributed by atoms with Gasteiger partial charge in [0.1, 0.15) is 40.6 Å². The molecule has 1 aliphatic carbocycles. The van der Waals surface area contributed by atoms with E-state index in [1.54, 1.807) is 24.3 Å². The van der Waals surface area contributed by atoms with Crippen molar-refractivity contribution in [3.8, 4) is 34.8 Å². The molecular weight excluding hydrogens is 453 g/mol. The van der Waals surface area contributed by atoms with E-state index >= 15 is 0 Å². The van der Waals surface area contributed by atoms with Gasteiger partial charge in [0.05, 0.1) is 25.7 Å². The average Bonchev–Trinajstić information content (AvgIpc) is 3.49. The highest BCUT2D eigenvalue weighted by Gasteiger charge is 2.27. The van der Waals surface area contributed by atoms with Gasteiger partial charge in [-0.15, -0.1) is 0 Å². The number of halogens is 1. The summed E-state index contributed by atoms with van der Waals surface area (Å²) in [5.41, 5.74) is 2.84. The van der Waals surface area contributed by atoms with Gasteiger partial charge in [0.25, 0.3) is 0 Å². The summed E-state index contributed by atoms with van der Waals surface area (Å²) in [6, 6.07) is 14.2. The maximum absolute atomic E-state index is 13.7. The SMILES string of the molecule is COC(=O)CC1COc2cc(O)ccc21.N#Cc1ccc(O)cc1Oc1ccc(F)c2c1CCC2. The number of hydrogen-bond acceptors (Lipinski definition) is 7. The molecule has 5 rings (SSSR count). The van der Waals surface area contributed by atoms with Crippen LogP contribution in [0.5, 0.6) is 28.7 Å².